The minimum absolute atomic E-state index is 0.250. The zero-order valence-corrected chi connectivity index (χ0v) is 10.7. The van der Waals surface area contributed by atoms with E-state index in [1.807, 2.05) is 6.07 Å². The Bertz CT molecular complexity index is 576. The maximum absolute atomic E-state index is 13.5. The molecule has 1 aliphatic heterocycles. The van der Waals surface area contributed by atoms with Gasteiger partial charge >= 0.3 is 0 Å². The van der Waals surface area contributed by atoms with Crippen molar-refractivity contribution in [2.75, 3.05) is 13.2 Å². The van der Waals surface area contributed by atoms with Crippen LogP contribution in [0.25, 0.3) is 0 Å². The molecule has 4 nitrogen and oxygen atoms in total. The number of rotatable bonds is 2. The highest BCUT2D eigenvalue weighted by Gasteiger charge is 2.41. The molecule has 100 valence electrons. The molecule has 1 aliphatic rings. The van der Waals surface area contributed by atoms with Crippen LogP contribution < -0.4 is 0 Å². The Morgan fingerprint density at radius 3 is 2.68 bits per heavy atom. The third kappa shape index (κ3) is 2.14. The van der Waals surface area contributed by atoms with Crippen molar-refractivity contribution in [3.8, 4) is 0 Å². The Balaban J connectivity index is 2.11. The van der Waals surface area contributed by atoms with Crippen LogP contribution in [0.3, 0.4) is 0 Å². The summed E-state index contributed by atoms with van der Waals surface area (Å²) in [4.78, 5) is 4.36. The lowest BCUT2D eigenvalue weighted by Crippen LogP contribution is -2.35. The van der Waals surface area contributed by atoms with Crippen LogP contribution in [-0.4, -0.2) is 23.4 Å². The van der Waals surface area contributed by atoms with Gasteiger partial charge in [-0.25, -0.2) is 4.39 Å². The van der Waals surface area contributed by atoms with Gasteiger partial charge in [0.15, 0.2) is 5.82 Å². The second-order valence-corrected chi connectivity index (χ2v) is 4.85. The maximum atomic E-state index is 13.5. The van der Waals surface area contributed by atoms with Gasteiger partial charge in [0, 0.05) is 13.2 Å². The number of hydrogen-bond donors (Lipinski definition) is 0. The van der Waals surface area contributed by atoms with Crippen molar-refractivity contribution in [3.05, 3.63) is 47.4 Å². The topological polar surface area (TPSA) is 48.2 Å². The van der Waals surface area contributed by atoms with Crippen molar-refractivity contribution >= 4 is 0 Å². The van der Waals surface area contributed by atoms with Gasteiger partial charge in [-0.15, -0.1) is 0 Å². The predicted octanol–water partition coefficient (Wildman–Crippen LogP) is 2.61. The van der Waals surface area contributed by atoms with E-state index in [9.17, 15) is 4.39 Å². The fourth-order valence-electron chi connectivity index (χ4n) is 2.62. The summed E-state index contributed by atoms with van der Waals surface area (Å²) in [7, 11) is 0. The van der Waals surface area contributed by atoms with Gasteiger partial charge in [-0.3, -0.25) is 0 Å². The summed E-state index contributed by atoms with van der Waals surface area (Å²) in [6.45, 7) is 3.00. The highest BCUT2D eigenvalue weighted by molar-refractivity contribution is 5.33. The number of nitrogens with zero attached hydrogens (tertiary/aromatic N) is 2. The van der Waals surface area contributed by atoms with Gasteiger partial charge in [-0.2, -0.15) is 4.98 Å². The number of benzene rings is 1. The Morgan fingerprint density at radius 2 is 2.05 bits per heavy atom. The molecule has 3 rings (SSSR count). The normalized spacial score (nSPS) is 18.4. The van der Waals surface area contributed by atoms with Crippen LogP contribution in [0.4, 0.5) is 4.39 Å². The van der Waals surface area contributed by atoms with Crippen molar-refractivity contribution in [2.45, 2.75) is 25.2 Å². The molecule has 2 aromatic rings. The smallest absolute Gasteiger partial charge is 0.237 e. The van der Waals surface area contributed by atoms with E-state index in [2.05, 4.69) is 10.1 Å². The average molecular weight is 262 g/mol. The Morgan fingerprint density at radius 1 is 1.26 bits per heavy atom. The molecule has 0 spiro atoms. The first-order chi connectivity index (χ1) is 9.21. The summed E-state index contributed by atoms with van der Waals surface area (Å²) in [5.41, 5.74) is 0.446. The SMILES string of the molecule is Cc1noc(C2(c3cccc(F)c3)CCOCC2)n1. The van der Waals surface area contributed by atoms with Crippen molar-refractivity contribution in [3.63, 3.8) is 0 Å². The zero-order valence-electron chi connectivity index (χ0n) is 10.7. The molecule has 0 bridgehead atoms. The first-order valence-electron chi connectivity index (χ1n) is 6.35. The Kier molecular flexibility index (Phi) is 3.06. The van der Waals surface area contributed by atoms with E-state index in [1.165, 1.54) is 6.07 Å². The van der Waals surface area contributed by atoms with Crippen molar-refractivity contribution in [1.29, 1.82) is 0 Å². The standard InChI is InChI=1S/C14H15FN2O2/c1-10-16-13(19-17-10)14(5-7-18-8-6-14)11-3-2-4-12(15)9-11/h2-4,9H,5-8H2,1H3. The van der Waals surface area contributed by atoms with E-state index < -0.39 is 5.41 Å². The second-order valence-electron chi connectivity index (χ2n) is 4.85. The van der Waals surface area contributed by atoms with Gasteiger partial charge in [-0.05, 0) is 37.5 Å². The van der Waals surface area contributed by atoms with Gasteiger partial charge in [0.2, 0.25) is 5.89 Å². The number of aryl methyl sites for hydroxylation is 1. The van der Waals surface area contributed by atoms with E-state index in [-0.39, 0.29) is 5.82 Å². The Labute approximate surface area is 110 Å². The monoisotopic (exact) mass is 262 g/mol. The summed E-state index contributed by atoms with van der Waals surface area (Å²) in [6.07, 6.45) is 1.44. The molecule has 0 radical (unpaired) electrons. The molecule has 0 N–H and O–H groups in total. The summed E-state index contributed by atoms with van der Waals surface area (Å²) < 4.78 is 24.3. The quantitative estimate of drug-likeness (QED) is 0.834. The van der Waals surface area contributed by atoms with Gasteiger partial charge in [0.25, 0.3) is 0 Å². The third-order valence-electron chi connectivity index (χ3n) is 3.66. The number of ether oxygens (including phenoxy) is 1. The molecule has 0 atom stereocenters. The lowest BCUT2D eigenvalue weighted by molar-refractivity contribution is 0.0522. The molecular formula is C14H15FN2O2. The van der Waals surface area contributed by atoms with Crippen LogP contribution in [0.15, 0.2) is 28.8 Å². The second kappa shape index (κ2) is 4.74. The number of halogens is 1. The summed E-state index contributed by atoms with van der Waals surface area (Å²) >= 11 is 0. The molecular weight excluding hydrogens is 247 g/mol. The largest absolute Gasteiger partial charge is 0.381 e. The number of aromatic nitrogens is 2. The average Bonchev–Trinajstić information content (AvgIpc) is 2.87. The molecule has 0 aliphatic carbocycles. The van der Waals surface area contributed by atoms with Gasteiger partial charge in [0.1, 0.15) is 5.82 Å². The lowest BCUT2D eigenvalue weighted by atomic mass is 9.74. The van der Waals surface area contributed by atoms with Crippen LogP contribution in [0.1, 0.15) is 30.1 Å². The van der Waals surface area contributed by atoms with E-state index in [0.717, 1.165) is 18.4 Å². The molecule has 1 saturated heterocycles. The summed E-state index contributed by atoms with van der Waals surface area (Å²) in [6, 6.07) is 6.61. The first-order valence-corrected chi connectivity index (χ1v) is 6.35. The van der Waals surface area contributed by atoms with Crippen LogP contribution in [0.5, 0.6) is 0 Å². The van der Waals surface area contributed by atoms with E-state index in [4.69, 9.17) is 9.26 Å². The molecule has 1 fully saturated rings. The van der Waals surface area contributed by atoms with Crippen molar-refractivity contribution in [1.82, 2.24) is 10.1 Å². The highest BCUT2D eigenvalue weighted by Crippen LogP contribution is 2.40. The molecule has 0 unspecified atom stereocenters. The molecule has 5 heteroatoms. The van der Waals surface area contributed by atoms with E-state index >= 15 is 0 Å². The lowest BCUT2D eigenvalue weighted by Gasteiger charge is -2.34. The van der Waals surface area contributed by atoms with Gasteiger partial charge in [0.05, 0.1) is 5.41 Å². The van der Waals surface area contributed by atoms with Crippen LogP contribution in [-0.2, 0) is 10.2 Å². The fraction of sp³-hybridized carbons (Fsp3) is 0.429. The molecule has 0 amide bonds. The summed E-state index contributed by atoms with van der Waals surface area (Å²) in [5, 5.41) is 3.86. The Hall–Kier alpha value is -1.75. The van der Waals surface area contributed by atoms with Crippen LogP contribution in [0.2, 0.25) is 0 Å². The minimum Gasteiger partial charge on any atom is -0.381 e. The van der Waals surface area contributed by atoms with Gasteiger partial charge < -0.3 is 9.26 Å². The van der Waals surface area contributed by atoms with Crippen LogP contribution >= 0.6 is 0 Å². The molecule has 0 saturated carbocycles. The molecule has 1 aromatic heterocycles. The molecule has 19 heavy (non-hydrogen) atoms. The van der Waals surface area contributed by atoms with E-state index in [1.54, 1.807) is 19.1 Å². The maximum Gasteiger partial charge on any atom is 0.237 e. The minimum atomic E-state index is -0.429. The number of hydrogen-bond acceptors (Lipinski definition) is 4. The van der Waals surface area contributed by atoms with Crippen molar-refractivity contribution in [2.24, 2.45) is 0 Å². The predicted molar refractivity (Wildman–Crippen MR) is 66.3 cm³/mol. The van der Waals surface area contributed by atoms with E-state index in [0.29, 0.717) is 24.9 Å². The highest BCUT2D eigenvalue weighted by atomic mass is 19.1. The molecule has 2 heterocycles. The zero-order chi connectivity index (χ0) is 13.3. The van der Waals surface area contributed by atoms with Crippen molar-refractivity contribution < 1.29 is 13.7 Å². The third-order valence-corrected chi connectivity index (χ3v) is 3.66. The first kappa shape index (κ1) is 12.3. The van der Waals surface area contributed by atoms with Crippen LogP contribution in [0, 0.1) is 12.7 Å². The fourth-order valence-corrected chi connectivity index (χ4v) is 2.62. The van der Waals surface area contributed by atoms with Gasteiger partial charge in [-0.1, -0.05) is 17.3 Å². The molecule has 1 aromatic carbocycles. The summed E-state index contributed by atoms with van der Waals surface area (Å²) in [5.74, 6) is 0.899.